The van der Waals surface area contributed by atoms with Crippen molar-refractivity contribution in [3.05, 3.63) is 35.4 Å². The van der Waals surface area contributed by atoms with Crippen molar-refractivity contribution < 1.29 is 5.11 Å². The molecule has 0 spiro atoms. The molecule has 0 unspecified atom stereocenters. The number of hydrogen-bond donors (Lipinski definition) is 4. The van der Waals surface area contributed by atoms with Crippen molar-refractivity contribution in [2.75, 3.05) is 6.54 Å². The van der Waals surface area contributed by atoms with Gasteiger partial charge in [-0.1, -0.05) is 24.3 Å². The topological polar surface area (TPSA) is 82.1 Å². The van der Waals surface area contributed by atoms with Gasteiger partial charge in [0.2, 0.25) is 0 Å². The van der Waals surface area contributed by atoms with Gasteiger partial charge in [-0.25, -0.2) is 0 Å². The lowest BCUT2D eigenvalue weighted by Crippen LogP contribution is -2.33. The first kappa shape index (κ1) is 10.5. The Balaban J connectivity index is 2.65. The molecule has 4 nitrogen and oxygen atoms in total. The van der Waals surface area contributed by atoms with Gasteiger partial charge < -0.3 is 16.2 Å². The highest BCUT2D eigenvalue weighted by Gasteiger charge is 2.08. The van der Waals surface area contributed by atoms with Crippen molar-refractivity contribution in [3.63, 3.8) is 0 Å². The molecular weight excluding hydrogens is 178 g/mol. The van der Waals surface area contributed by atoms with E-state index < -0.39 is 6.10 Å². The predicted molar refractivity (Wildman–Crippen MR) is 56.1 cm³/mol. The quantitative estimate of drug-likeness (QED) is 0.417. The number of nitrogens with two attached hydrogens (primary N) is 1. The number of aryl methyl sites for hydroxylation is 1. The van der Waals surface area contributed by atoms with Gasteiger partial charge in [0, 0.05) is 6.54 Å². The van der Waals surface area contributed by atoms with E-state index in [1.54, 1.807) is 0 Å². The number of aliphatic hydroxyl groups is 1. The molecule has 0 amide bonds. The maximum absolute atomic E-state index is 9.74. The summed E-state index contributed by atoms with van der Waals surface area (Å²) >= 11 is 0. The van der Waals surface area contributed by atoms with Gasteiger partial charge in [0.25, 0.3) is 0 Å². The van der Waals surface area contributed by atoms with E-state index in [2.05, 4.69) is 5.32 Å². The molecule has 5 N–H and O–H groups in total. The molecule has 0 aromatic heterocycles. The third kappa shape index (κ3) is 2.74. The average molecular weight is 193 g/mol. The zero-order chi connectivity index (χ0) is 10.6. The Labute approximate surface area is 83.3 Å². The highest BCUT2D eigenvalue weighted by molar-refractivity contribution is 5.74. The molecule has 1 atom stereocenters. The van der Waals surface area contributed by atoms with Gasteiger partial charge in [-0.05, 0) is 18.1 Å². The summed E-state index contributed by atoms with van der Waals surface area (Å²) in [7, 11) is 0. The van der Waals surface area contributed by atoms with Crippen LogP contribution in [0.15, 0.2) is 24.3 Å². The molecule has 0 aliphatic heterocycles. The second-order valence-corrected chi connectivity index (χ2v) is 3.17. The number of benzene rings is 1. The maximum atomic E-state index is 9.74. The van der Waals surface area contributed by atoms with Crippen molar-refractivity contribution in [1.29, 1.82) is 5.41 Å². The normalized spacial score (nSPS) is 12.1. The number of nitrogens with one attached hydrogen (secondary N) is 2. The zero-order valence-electron chi connectivity index (χ0n) is 8.12. The first-order valence-electron chi connectivity index (χ1n) is 4.42. The highest BCUT2D eigenvalue weighted by Crippen LogP contribution is 2.15. The standard InChI is InChI=1S/C10H15N3O/c1-7-4-2-3-5-8(7)9(14)6-13-10(11)12/h2-5,9,14H,6H2,1H3,(H4,11,12,13)/t9-/m0/s1. The lowest BCUT2D eigenvalue weighted by Gasteiger charge is -2.14. The Hall–Kier alpha value is -1.55. The summed E-state index contributed by atoms with van der Waals surface area (Å²) in [5.74, 6) is -0.127. The van der Waals surface area contributed by atoms with Crippen LogP contribution < -0.4 is 11.1 Å². The summed E-state index contributed by atoms with van der Waals surface area (Å²) in [5.41, 5.74) is 7.01. The molecule has 0 heterocycles. The SMILES string of the molecule is Cc1ccccc1[C@@H](O)CNC(=N)N. The fraction of sp³-hybridized carbons (Fsp3) is 0.300. The van der Waals surface area contributed by atoms with E-state index in [9.17, 15) is 5.11 Å². The van der Waals surface area contributed by atoms with Crippen LogP contribution in [0.5, 0.6) is 0 Å². The molecule has 0 radical (unpaired) electrons. The van der Waals surface area contributed by atoms with Gasteiger partial charge >= 0.3 is 0 Å². The fourth-order valence-electron chi connectivity index (χ4n) is 1.28. The lowest BCUT2D eigenvalue weighted by molar-refractivity contribution is 0.180. The van der Waals surface area contributed by atoms with E-state index in [0.717, 1.165) is 11.1 Å². The lowest BCUT2D eigenvalue weighted by atomic mass is 10.0. The van der Waals surface area contributed by atoms with Crippen LogP contribution in [0.4, 0.5) is 0 Å². The van der Waals surface area contributed by atoms with Crippen LogP contribution in [0.2, 0.25) is 0 Å². The van der Waals surface area contributed by atoms with Crippen LogP contribution in [-0.2, 0) is 0 Å². The van der Waals surface area contributed by atoms with Crippen LogP contribution >= 0.6 is 0 Å². The summed E-state index contributed by atoms with van der Waals surface area (Å²) < 4.78 is 0. The summed E-state index contributed by atoms with van der Waals surface area (Å²) in [4.78, 5) is 0. The first-order chi connectivity index (χ1) is 6.61. The van der Waals surface area contributed by atoms with Crippen molar-refractivity contribution in [2.45, 2.75) is 13.0 Å². The third-order valence-corrected chi connectivity index (χ3v) is 2.03. The Morgan fingerprint density at radius 3 is 2.79 bits per heavy atom. The number of aliphatic hydroxyl groups excluding tert-OH is 1. The Kier molecular flexibility index (Phi) is 3.48. The summed E-state index contributed by atoms with van der Waals surface area (Å²) in [6, 6.07) is 7.59. The molecule has 1 aromatic rings. The molecule has 1 aromatic carbocycles. The summed E-state index contributed by atoms with van der Waals surface area (Å²) in [5, 5.41) is 19.3. The monoisotopic (exact) mass is 193 g/mol. The molecule has 0 saturated heterocycles. The van der Waals surface area contributed by atoms with E-state index >= 15 is 0 Å². The van der Waals surface area contributed by atoms with Crippen LogP contribution in [0.25, 0.3) is 0 Å². The number of guanidine groups is 1. The van der Waals surface area contributed by atoms with E-state index in [-0.39, 0.29) is 12.5 Å². The molecule has 0 aliphatic carbocycles. The molecule has 4 heteroatoms. The van der Waals surface area contributed by atoms with Crippen molar-refractivity contribution in [3.8, 4) is 0 Å². The predicted octanol–water partition coefficient (Wildman–Crippen LogP) is 0.511. The van der Waals surface area contributed by atoms with Gasteiger partial charge in [0.15, 0.2) is 5.96 Å². The molecule has 0 aliphatic rings. The third-order valence-electron chi connectivity index (χ3n) is 2.03. The Morgan fingerprint density at radius 1 is 1.57 bits per heavy atom. The molecule has 1 rings (SSSR count). The summed E-state index contributed by atoms with van der Waals surface area (Å²) in [6.07, 6.45) is -0.625. The Morgan fingerprint density at radius 2 is 2.21 bits per heavy atom. The molecule has 0 bridgehead atoms. The van der Waals surface area contributed by atoms with E-state index in [1.807, 2.05) is 31.2 Å². The van der Waals surface area contributed by atoms with Gasteiger partial charge in [-0.3, -0.25) is 5.41 Å². The molecular formula is C10H15N3O. The number of rotatable bonds is 3. The van der Waals surface area contributed by atoms with Crippen molar-refractivity contribution in [1.82, 2.24) is 5.32 Å². The molecule has 14 heavy (non-hydrogen) atoms. The van der Waals surface area contributed by atoms with Crippen LogP contribution in [0.3, 0.4) is 0 Å². The molecule has 0 saturated carbocycles. The van der Waals surface area contributed by atoms with Crippen LogP contribution in [0.1, 0.15) is 17.2 Å². The van der Waals surface area contributed by atoms with Crippen molar-refractivity contribution >= 4 is 5.96 Å². The smallest absolute Gasteiger partial charge is 0.185 e. The average Bonchev–Trinajstić information content (AvgIpc) is 2.15. The minimum atomic E-state index is -0.625. The van der Waals surface area contributed by atoms with E-state index in [0.29, 0.717) is 0 Å². The van der Waals surface area contributed by atoms with Gasteiger partial charge in [-0.15, -0.1) is 0 Å². The minimum absolute atomic E-state index is 0.127. The van der Waals surface area contributed by atoms with E-state index in [1.165, 1.54) is 0 Å². The second-order valence-electron chi connectivity index (χ2n) is 3.17. The largest absolute Gasteiger partial charge is 0.387 e. The van der Waals surface area contributed by atoms with Crippen LogP contribution in [-0.4, -0.2) is 17.6 Å². The zero-order valence-corrected chi connectivity index (χ0v) is 8.12. The second kappa shape index (κ2) is 4.62. The molecule has 0 fully saturated rings. The maximum Gasteiger partial charge on any atom is 0.185 e. The minimum Gasteiger partial charge on any atom is -0.387 e. The van der Waals surface area contributed by atoms with Gasteiger partial charge in [0.05, 0.1) is 6.10 Å². The van der Waals surface area contributed by atoms with Gasteiger partial charge in [-0.2, -0.15) is 0 Å². The highest BCUT2D eigenvalue weighted by atomic mass is 16.3. The summed E-state index contributed by atoms with van der Waals surface area (Å²) in [6.45, 7) is 2.20. The molecule has 76 valence electrons. The van der Waals surface area contributed by atoms with E-state index in [4.69, 9.17) is 11.1 Å². The van der Waals surface area contributed by atoms with Crippen molar-refractivity contribution in [2.24, 2.45) is 5.73 Å². The fourth-order valence-corrected chi connectivity index (χ4v) is 1.28. The number of hydrogen-bond acceptors (Lipinski definition) is 2. The Bertz CT molecular complexity index is 325. The van der Waals surface area contributed by atoms with Gasteiger partial charge in [0.1, 0.15) is 0 Å². The van der Waals surface area contributed by atoms with Crippen LogP contribution in [0, 0.1) is 12.3 Å². The first-order valence-corrected chi connectivity index (χ1v) is 4.42.